The molecule has 0 N–H and O–H groups in total. The molecular weight excluding hydrogens is 255 g/mol. The van der Waals surface area contributed by atoms with Crippen LogP contribution in [0.25, 0.3) is 0 Å². The molecular formula is C13H22BrF. The van der Waals surface area contributed by atoms with E-state index in [9.17, 15) is 4.39 Å². The van der Waals surface area contributed by atoms with Gasteiger partial charge in [0.05, 0.1) is 0 Å². The SMILES string of the molecule is C/C=C(Br)\C(=C/CF)CCCCCCC. The van der Waals surface area contributed by atoms with Crippen molar-refractivity contribution in [1.29, 1.82) is 0 Å². The Morgan fingerprint density at radius 1 is 1.20 bits per heavy atom. The lowest BCUT2D eigenvalue weighted by molar-refractivity contribution is 0.558. The average Bonchev–Trinajstić information content (AvgIpc) is 2.26. The van der Waals surface area contributed by atoms with Crippen LogP contribution in [0.2, 0.25) is 0 Å². The van der Waals surface area contributed by atoms with Gasteiger partial charge in [0.25, 0.3) is 0 Å². The van der Waals surface area contributed by atoms with Gasteiger partial charge in [0.1, 0.15) is 6.67 Å². The maximum atomic E-state index is 12.2. The highest BCUT2D eigenvalue weighted by atomic mass is 79.9. The van der Waals surface area contributed by atoms with E-state index < -0.39 is 0 Å². The van der Waals surface area contributed by atoms with E-state index in [-0.39, 0.29) is 6.67 Å². The smallest absolute Gasteiger partial charge is 0.108 e. The fraction of sp³-hybridized carbons (Fsp3) is 0.692. The molecule has 0 aliphatic rings. The third-order valence-electron chi connectivity index (χ3n) is 2.43. The summed E-state index contributed by atoms with van der Waals surface area (Å²) in [7, 11) is 0. The molecule has 0 unspecified atom stereocenters. The highest BCUT2D eigenvalue weighted by Gasteiger charge is 2.00. The molecule has 0 aliphatic carbocycles. The molecule has 0 spiro atoms. The van der Waals surface area contributed by atoms with Gasteiger partial charge in [-0.1, -0.05) is 54.6 Å². The molecule has 0 fully saturated rings. The summed E-state index contributed by atoms with van der Waals surface area (Å²) in [5.41, 5.74) is 1.11. The monoisotopic (exact) mass is 276 g/mol. The topological polar surface area (TPSA) is 0 Å². The quantitative estimate of drug-likeness (QED) is 0.403. The van der Waals surface area contributed by atoms with E-state index in [1.807, 2.05) is 13.0 Å². The Hall–Kier alpha value is -0.110. The molecule has 0 radical (unpaired) electrons. The largest absolute Gasteiger partial charge is 0.247 e. The van der Waals surface area contributed by atoms with Crippen molar-refractivity contribution in [1.82, 2.24) is 0 Å². The normalized spacial score (nSPS) is 13.3. The van der Waals surface area contributed by atoms with E-state index >= 15 is 0 Å². The summed E-state index contributed by atoms with van der Waals surface area (Å²) in [6.45, 7) is 3.81. The average molecular weight is 277 g/mol. The van der Waals surface area contributed by atoms with Gasteiger partial charge in [-0.05, 0) is 31.4 Å². The van der Waals surface area contributed by atoms with Gasteiger partial charge in [-0.3, -0.25) is 0 Å². The van der Waals surface area contributed by atoms with Crippen LogP contribution in [0.1, 0.15) is 52.4 Å². The number of halogens is 2. The molecule has 0 rings (SSSR count). The van der Waals surface area contributed by atoms with Crippen LogP contribution in [0.4, 0.5) is 4.39 Å². The first-order chi connectivity index (χ1) is 7.26. The third kappa shape index (κ3) is 7.78. The lowest BCUT2D eigenvalue weighted by atomic mass is 10.1. The summed E-state index contributed by atoms with van der Waals surface area (Å²) in [6, 6.07) is 0. The van der Waals surface area contributed by atoms with Crippen molar-refractivity contribution in [3.8, 4) is 0 Å². The van der Waals surface area contributed by atoms with Gasteiger partial charge in [0.2, 0.25) is 0 Å². The summed E-state index contributed by atoms with van der Waals surface area (Å²) in [5.74, 6) is 0. The Balaban J connectivity index is 3.83. The highest BCUT2D eigenvalue weighted by molar-refractivity contribution is 9.12. The first-order valence-electron chi connectivity index (χ1n) is 5.83. The molecule has 0 aromatic heterocycles. The Kier molecular flexibility index (Phi) is 10.3. The molecule has 0 nitrogen and oxygen atoms in total. The number of allylic oxidation sites excluding steroid dienone is 4. The molecule has 15 heavy (non-hydrogen) atoms. The van der Waals surface area contributed by atoms with Gasteiger partial charge >= 0.3 is 0 Å². The minimum Gasteiger partial charge on any atom is -0.247 e. The third-order valence-corrected chi connectivity index (χ3v) is 3.40. The standard InChI is InChI=1S/C13H22BrF/c1-3-5-6-7-8-9-12(10-11-15)13(14)4-2/h4,10H,3,5-9,11H2,1-2H3/b12-10-,13-4+. The summed E-state index contributed by atoms with van der Waals surface area (Å²) in [5, 5.41) is 0. The zero-order chi connectivity index (χ0) is 11.5. The number of hydrogen-bond acceptors (Lipinski definition) is 0. The van der Waals surface area contributed by atoms with E-state index in [1.54, 1.807) is 6.08 Å². The molecule has 0 amide bonds. The highest BCUT2D eigenvalue weighted by Crippen LogP contribution is 2.23. The van der Waals surface area contributed by atoms with Crippen LogP contribution in [0.5, 0.6) is 0 Å². The van der Waals surface area contributed by atoms with Crippen LogP contribution in [0.3, 0.4) is 0 Å². The van der Waals surface area contributed by atoms with E-state index in [2.05, 4.69) is 22.9 Å². The zero-order valence-corrected chi connectivity index (χ0v) is 11.4. The molecule has 0 bridgehead atoms. The van der Waals surface area contributed by atoms with Gasteiger partial charge in [-0.2, -0.15) is 0 Å². The minimum atomic E-state index is -0.368. The molecule has 0 heterocycles. The Morgan fingerprint density at radius 3 is 2.40 bits per heavy atom. The lowest BCUT2D eigenvalue weighted by Gasteiger charge is -2.05. The zero-order valence-electron chi connectivity index (χ0n) is 9.86. The molecule has 0 saturated heterocycles. The van der Waals surface area contributed by atoms with Crippen molar-refractivity contribution in [3.05, 3.63) is 22.2 Å². The van der Waals surface area contributed by atoms with Crippen molar-refractivity contribution in [2.45, 2.75) is 52.4 Å². The van der Waals surface area contributed by atoms with Crippen molar-refractivity contribution in [3.63, 3.8) is 0 Å². The summed E-state index contributed by atoms with van der Waals surface area (Å²) >= 11 is 3.45. The fourth-order valence-electron chi connectivity index (χ4n) is 1.52. The first-order valence-corrected chi connectivity index (χ1v) is 6.62. The molecule has 2 heteroatoms. The summed E-state index contributed by atoms with van der Waals surface area (Å²) < 4.78 is 13.3. The molecule has 0 saturated carbocycles. The van der Waals surface area contributed by atoms with Gasteiger partial charge in [0.15, 0.2) is 0 Å². The van der Waals surface area contributed by atoms with Crippen LogP contribution in [-0.2, 0) is 0 Å². The summed E-state index contributed by atoms with van der Waals surface area (Å²) in [6.07, 6.45) is 10.9. The maximum absolute atomic E-state index is 12.2. The number of unbranched alkanes of at least 4 members (excludes halogenated alkanes) is 4. The van der Waals surface area contributed by atoms with E-state index in [4.69, 9.17) is 0 Å². The van der Waals surface area contributed by atoms with Gasteiger partial charge in [0, 0.05) is 4.48 Å². The number of hydrogen-bond donors (Lipinski definition) is 0. The van der Waals surface area contributed by atoms with Crippen molar-refractivity contribution < 1.29 is 4.39 Å². The fourth-order valence-corrected chi connectivity index (χ4v) is 1.88. The molecule has 0 atom stereocenters. The molecule has 0 aromatic carbocycles. The second kappa shape index (κ2) is 10.4. The van der Waals surface area contributed by atoms with E-state index in [0.29, 0.717) is 0 Å². The Bertz CT molecular complexity index is 207. The lowest BCUT2D eigenvalue weighted by Crippen LogP contribution is -1.87. The predicted octanol–water partition coefficient (Wildman–Crippen LogP) is 5.54. The van der Waals surface area contributed by atoms with Gasteiger partial charge < -0.3 is 0 Å². The first kappa shape index (κ1) is 14.9. The van der Waals surface area contributed by atoms with E-state index in [0.717, 1.165) is 22.9 Å². The van der Waals surface area contributed by atoms with Crippen molar-refractivity contribution in [2.75, 3.05) is 6.67 Å². The molecule has 0 aromatic rings. The Labute approximate surface area is 102 Å². The van der Waals surface area contributed by atoms with Crippen LogP contribution in [0, 0.1) is 0 Å². The van der Waals surface area contributed by atoms with Gasteiger partial charge in [-0.15, -0.1) is 0 Å². The van der Waals surface area contributed by atoms with Crippen LogP contribution >= 0.6 is 15.9 Å². The van der Waals surface area contributed by atoms with Gasteiger partial charge in [-0.25, -0.2) is 4.39 Å². The molecule has 0 aliphatic heterocycles. The van der Waals surface area contributed by atoms with E-state index in [1.165, 1.54) is 25.7 Å². The second-order valence-corrected chi connectivity index (χ2v) is 4.54. The van der Waals surface area contributed by atoms with Crippen LogP contribution in [-0.4, -0.2) is 6.67 Å². The minimum absolute atomic E-state index is 0.368. The molecule has 88 valence electrons. The number of rotatable bonds is 8. The summed E-state index contributed by atoms with van der Waals surface area (Å²) in [4.78, 5) is 0. The van der Waals surface area contributed by atoms with Crippen molar-refractivity contribution >= 4 is 15.9 Å². The van der Waals surface area contributed by atoms with Crippen molar-refractivity contribution in [2.24, 2.45) is 0 Å². The number of alkyl halides is 1. The second-order valence-electron chi connectivity index (χ2n) is 3.68. The maximum Gasteiger partial charge on any atom is 0.108 e. The van der Waals surface area contributed by atoms with Crippen LogP contribution in [0.15, 0.2) is 22.2 Å². The predicted molar refractivity (Wildman–Crippen MR) is 70.1 cm³/mol. The Morgan fingerprint density at radius 2 is 1.87 bits per heavy atom. The van der Waals surface area contributed by atoms with Crippen LogP contribution < -0.4 is 0 Å².